The van der Waals surface area contributed by atoms with Gasteiger partial charge in [-0.15, -0.1) is 0 Å². The van der Waals surface area contributed by atoms with Gasteiger partial charge < -0.3 is 19.9 Å². The quantitative estimate of drug-likeness (QED) is 0.754. The number of fused-ring (bicyclic) bond motifs is 1. The van der Waals surface area contributed by atoms with Gasteiger partial charge in [0.2, 0.25) is 0 Å². The number of phenolic OH excluding ortho intramolecular Hbond substituents is 1. The van der Waals surface area contributed by atoms with Gasteiger partial charge in [0.15, 0.2) is 0 Å². The Bertz CT molecular complexity index is 842. The molecule has 124 valence electrons. The van der Waals surface area contributed by atoms with Crippen LogP contribution < -0.4 is 14.8 Å². The number of aromatic hydroxyl groups is 1. The summed E-state index contributed by atoms with van der Waals surface area (Å²) in [5, 5.41) is 14.8. The predicted octanol–water partition coefficient (Wildman–Crippen LogP) is 3.27. The number of hydrogen-bond donors (Lipinski definition) is 2. The molecular formula is C19H20N2O3. The first kappa shape index (κ1) is 16.1. The Morgan fingerprint density at radius 2 is 1.75 bits per heavy atom. The van der Waals surface area contributed by atoms with Crippen molar-refractivity contribution in [2.24, 2.45) is 0 Å². The van der Waals surface area contributed by atoms with Gasteiger partial charge in [0.1, 0.15) is 22.8 Å². The molecule has 5 nitrogen and oxygen atoms in total. The Morgan fingerprint density at radius 1 is 1.04 bits per heavy atom. The third kappa shape index (κ3) is 2.86. The molecule has 1 aromatic heterocycles. The van der Waals surface area contributed by atoms with Crippen molar-refractivity contribution in [3.05, 3.63) is 59.8 Å². The van der Waals surface area contributed by atoms with Gasteiger partial charge in [-0.2, -0.15) is 0 Å². The second-order valence-electron chi connectivity index (χ2n) is 5.45. The molecule has 0 amide bonds. The minimum atomic E-state index is -0.222. The van der Waals surface area contributed by atoms with E-state index in [0.29, 0.717) is 17.0 Å². The Kier molecular flexibility index (Phi) is 4.53. The van der Waals surface area contributed by atoms with Gasteiger partial charge in [0.25, 0.3) is 0 Å². The number of phenols is 1. The molecule has 0 saturated carbocycles. The lowest BCUT2D eigenvalue weighted by Gasteiger charge is -2.20. The largest absolute Gasteiger partial charge is 0.505 e. The zero-order chi connectivity index (χ0) is 17.1. The zero-order valence-corrected chi connectivity index (χ0v) is 13.9. The average Bonchev–Trinajstić information content (AvgIpc) is 2.64. The fourth-order valence-electron chi connectivity index (χ4n) is 2.88. The van der Waals surface area contributed by atoms with Gasteiger partial charge in [-0.1, -0.05) is 18.2 Å². The van der Waals surface area contributed by atoms with Crippen LogP contribution >= 0.6 is 0 Å². The third-order valence-corrected chi connectivity index (χ3v) is 4.09. The highest BCUT2D eigenvalue weighted by Gasteiger charge is 2.19. The van der Waals surface area contributed by atoms with Crippen molar-refractivity contribution in [1.29, 1.82) is 0 Å². The van der Waals surface area contributed by atoms with Crippen molar-refractivity contribution in [3.63, 3.8) is 0 Å². The van der Waals surface area contributed by atoms with Crippen LogP contribution in [-0.2, 0) is 0 Å². The third-order valence-electron chi connectivity index (χ3n) is 4.09. The summed E-state index contributed by atoms with van der Waals surface area (Å²) in [5.74, 6) is 1.57. The molecule has 24 heavy (non-hydrogen) atoms. The van der Waals surface area contributed by atoms with Crippen molar-refractivity contribution in [2.45, 2.75) is 6.04 Å². The average molecular weight is 324 g/mol. The van der Waals surface area contributed by atoms with E-state index in [1.165, 1.54) is 0 Å². The number of hydrogen-bond acceptors (Lipinski definition) is 5. The summed E-state index contributed by atoms with van der Waals surface area (Å²) in [6.45, 7) is 0. The van der Waals surface area contributed by atoms with E-state index in [0.717, 1.165) is 16.5 Å². The second kappa shape index (κ2) is 6.76. The summed E-state index contributed by atoms with van der Waals surface area (Å²) in [5.41, 5.74) is 2.27. The van der Waals surface area contributed by atoms with Crippen LogP contribution in [0.1, 0.15) is 17.2 Å². The van der Waals surface area contributed by atoms with Crippen molar-refractivity contribution in [2.75, 3.05) is 21.3 Å². The Labute approximate surface area is 140 Å². The van der Waals surface area contributed by atoms with E-state index in [1.807, 2.05) is 49.5 Å². The summed E-state index contributed by atoms with van der Waals surface area (Å²) in [6, 6.07) is 13.1. The number of pyridine rings is 1. The summed E-state index contributed by atoms with van der Waals surface area (Å²) in [4.78, 5) is 4.29. The summed E-state index contributed by atoms with van der Waals surface area (Å²) in [7, 11) is 5.08. The standard InChI is InChI=1S/C19H20N2O3/c1-20-17(13-9-14(23-2)11-15(10-13)24-3)16-7-6-12-5-4-8-21-18(12)19(16)22/h4-11,17,20,22H,1-3H3. The predicted molar refractivity (Wildman–Crippen MR) is 93.9 cm³/mol. The van der Waals surface area contributed by atoms with Gasteiger partial charge in [-0.05, 0) is 30.8 Å². The van der Waals surface area contributed by atoms with Crippen LogP contribution in [0.15, 0.2) is 48.7 Å². The van der Waals surface area contributed by atoms with Gasteiger partial charge in [0, 0.05) is 23.2 Å². The lowest BCUT2D eigenvalue weighted by Crippen LogP contribution is -2.18. The van der Waals surface area contributed by atoms with E-state index in [2.05, 4.69) is 10.3 Å². The molecule has 1 unspecified atom stereocenters. The molecule has 0 bridgehead atoms. The molecule has 1 atom stereocenters. The van der Waals surface area contributed by atoms with E-state index in [4.69, 9.17) is 9.47 Å². The van der Waals surface area contributed by atoms with Crippen LogP contribution in [0.3, 0.4) is 0 Å². The molecule has 5 heteroatoms. The lowest BCUT2D eigenvalue weighted by molar-refractivity contribution is 0.392. The molecule has 2 aromatic carbocycles. The monoisotopic (exact) mass is 324 g/mol. The molecule has 0 fully saturated rings. The van der Waals surface area contributed by atoms with Gasteiger partial charge in [-0.25, -0.2) is 0 Å². The highest BCUT2D eigenvalue weighted by Crippen LogP contribution is 2.36. The SMILES string of the molecule is CNC(c1cc(OC)cc(OC)c1)c1ccc2cccnc2c1O. The second-order valence-corrected chi connectivity index (χ2v) is 5.45. The van der Waals surface area contributed by atoms with E-state index in [9.17, 15) is 5.11 Å². The Morgan fingerprint density at radius 3 is 2.38 bits per heavy atom. The number of nitrogens with zero attached hydrogens (tertiary/aromatic N) is 1. The maximum absolute atomic E-state index is 10.7. The molecule has 3 rings (SSSR count). The number of nitrogens with one attached hydrogen (secondary N) is 1. The van der Waals surface area contributed by atoms with Crippen molar-refractivity contribution < 1.29 is 14.6 Å². The topological polar surface area (TPSA) is 63.6 Å². The van der Waals surface area contributed by atoms with Crippen molar-refractivity contribution in [1.82, 2.24) is 10.3 Å². The summed E-state index contributed by atoms with van der Waals surface area (Å²) >= 11 is 0. The molecule has 2 N–H and O–H groups in total. The molecule has 3 aromatic rings. The summed E-state index contributed by atoms with van der Waals surface area (Å²) < 4.78 is 10.7. The van der Waals surface area contributed by atoms with Crippen LogP contribution in [0.25, 0.3) is 10.9 Å². The first-order chi connectivity index (χ1) is 11.7. The van der Waals surface area contributed by atoms with Gasteiger partial charge in [-0.3, -0.25) is 4.98 Å². The maximum Gasteiger partial charge on any atom is 0.146 e. The van der Waals surface area contributed by atoms with E-state index < -0.39 is 0 Å². The minimum Gasteiger partial charge on any atom is -0.505 e. The van der Waals surface area contributed by atoms with Crippen LogP contribution in [0.4, 0.5) is 0 Å². The Balaban J connectivity index is 2.14. The van der Waals surface area contributed by atoms with Crippen LogP contribution in [0.2, 0.25) is 0 Å². The van der Waals surface area contributed by atoms with Crippen LogP contribution in [-0.4, -0.2) is 31.4 Å². The van der Waals surface area contributed by atoms with Gasteiger partial charge in [0.05, 0.1) is 20.3 Å². The number of benzene rings is 2. The number of ether oxygens (including phenoxy) is 2. The highest BCUT2D eigenvalue weighted by atomic mass is 16.5. The summed E-state index contributed by atoms with van der Waals surface area (Å²) in [6.07, 6.45) is 1.68. The first-order valence-corrected chi connectivity index (χ1v) is 7.64. The van der Waals surface area contributed by atoms with Crippen LogP contribution in [0, 0.1) is 0 Å². The van der Waals surface area contributed by atoms with Crippen LogP contribution in [0.5, 0.6) is 17.2 Å². The highest BCUT2D eigenvalue weighted by molar-refractivity contribution is 5.85. The normalized spacial score (nSPS) is 12.1. The van der Waals surface area contributed by atoms with Crippen molar-refractivity contribution >= 4 is 10.9 Å². The minimum absolute atomic E-state index is 0.175. The van der Waals surface area contributed by atoms with Crippen molar-refractivity contribution in [3.8, 4) is 17.2 Å². The molecular weight excluding hydrogens is 304 g/mol. The number of methoxy groups -OCH3 is 2. The maximum atomic E-state index is 10.7. The number of rotatable bonds is 5. The fourth-order valence-corrected chi connectivity index (χ4v) is 2.88. The molecule has 0 aliphatic rings. The molecule has 0 radical (unpaired) electrons. The fraction of sp³-hybridized carbons (Fsp3) is 0.211. The molecule has 0 spiro atoms. The number of aromatic nitrogens is 1. The van der Waals surface area contributed by atoms with E-state index in [-0.39, 0.29) is 11.8 Å². The zero-order valence-electron chi connectivity index (χ0n) is 13.9. The molecule has 1 heterocycles. The lowest BCUT2D eigenvalue weighted by atomic mass is 9.96. The van der Waals surface area contributed by atoms with Gasteiger partial charge >= 0.3 is 0 Å². The Hall–Kier alpha value is -2.79. The first-order valence-electron chi connectivity index (χ1n) is 7.64. The van der Waals surface area contributed by atoms with E-state index >= 15 is 0 Å². The molecule has 0 aliphatic heterocycles. The van der Waals surface area contributed by atoms with E-state index in [1.54, 1.807) is 20.4 Å². The molecule has 0 aliphatic carbocycles. The molecule has 0 saturated heterocycles. The smallest absolute Gasteiger partial charge is 0.146 e.